The highest BCUT2D eigenvalue weighted by molar-refractivity contribution is 6.07. The molecule has 148 valence electrons. The molecular weight excluding hydrogens is 352 g/mol. The van der Waals surface area contributed by atoms with Gasteiger partial charge in [0.1, 0.15) is 0 Å². The monoisotopic (exact) mass is 380 g/mol. The van der Waals surface area contributed by atoms with Crippen LogP contribution in [-0.2, 0) is 9.59 Å². The number of rotatable bonds is 5. The zero-order chi connectivity index (χ0) is 19.9. The molecule has 0 radical (unpaired) electrons. The van der Waals surface area contributed by atoms with Gasteiger partial charge >= 0.3 is 0 Å². The van der Waals surface area contributed by atoms with Crippen molar-refractivity contribution in [2.24, 2.45) is 17.8 Å². The molecule has 0 aromatic heterocycles. The molecule has 28 heavy (non-hydrogen) atoms. The van der Waals surface area contributed by atoms with Gasteiger partial charge in [-0.2, -0.15) is 0 Å². The molecule has 4 bridgehead atoms. The first-order valence-electron chi connectivity index (χ1n) is 10.2. The number of benzene rings is 1. The van der Waals surface area contributed by atoms with E-state index in [2.05, 4.69) is 10.6 Å². The molecule has 4 aliphatic rings. The molecule has 0 heterocycles. The van der Waals surface area contributed by atoms with Crippen LogP contribution in [0, 0.1) is 17.8 Å². The number of hydrogen-bond acceptors (Lipinski definition) is 3. The van der Waals surface area contributed by atoms with Crippen LogP contribution in [0.25, 0.3) is 0 Å². The van der Waals surface area contributed by atoms with Crippen LogP contribution in [0.15, 0.2) is 35.9 Å². The van der Waals surface area contributed by atoms with Crippen molar-refractivity contribution in [3.05, 3.63) is 41.5 Å². The summed E-state index contributed by atoms with van der Waals surface area (Å²) in [7, 11) is 0. The third-order valence-corrected chi connectivity index (χ3v) is 6.68. The van der Waals surface area contributed by atoms with Crippen LogP contribution in [0.2, 0.25) is 0 Å². The van der Waals surface area contributed by atoms with Gasteiger partial charge in [0.2, 0.25) is 5.91 Å². The number of amides is 2. The van der Waals surface area contributed by atoms with Crippen molar-refractivity contribution in [1.29, 1.82) is 0 Å². The van der Waals surface area contributed by atoms with Gasteiger partial charge in [-0.3, -0.25) is 14.4 Å². The van der Waals surface area contributed by atoms with Crippen molar-refractivity contribution < 1.29 is 14.4 Å². The molecule has 0 aliphatic heterocycles. The summed E-state index contributed by atoms with van der Waals surface area (Å²) in [4.78, 5) is 36.3. The Balaban J connectivity index is 1.37. The molecule has 0 unspecified atom stereocenters. The fraction of sp³-hybridized carbons (Fsp3) is 0.522. The van der Waals surface area contributed by atoms with Crippen LogP contribution in [-0.4, -0.2) is 23.1 Å². The average molecular weight is 380 g/mol. The summed E-state index contributed by atoms with van der Waals surface area (Å²) < 4.78 is 0. The molecular formula is C23H28N2O3. The Morgan fingerprint density at radius 2 is 1.46 bits per heavy atom. The summed E-state index contributed by atoms with van der Waals surface area (Å²) in [6.45, 7) is 3.15. The molecule has 0 spiro atoms. The van der Waals surface area contributed by atoms with Crippen LogP contribution in [0.3, 0.4) is 0 Å². The van der Waals surface area contributed by atoms with Crippen molar-refractivity contribution in [3.63, 3.8) is 0 Å². The number of Topliss-reactive ketones (excluding diaryl/α,β-unsaturated/α-hetero) is 1. The summed E-state index contributed by atoms with van der Waals surface area (Å²) in [5.41, 5.74) is 1.52. The molecule has 4 fully saturated rings. The smallest absolute Gasteiger partial charge is 0.251 e. The highest BCUT2D eigenvalue weighted by Crippen LogP contribution is 2.55. The number of nitrogens with one attached hydrogen (secondary N) is 2. The minimum Gasteiger partial charge on any atom is -0.347 e. The maximum absolute atomic E-state index is 12.6. The number of ketones is 1. The Morgan fingerprint density at radius 3 is 1.96 bits per heavy atom. The second-order valence-corrected chi connectivity index (χ2v) is 9.10. The summed E-state index contributed by atoms with van der Waals surface area (Å²) in [6, 6.07) is 6.74. The van der Waals surface area contributed by atoms with E-state index in [0.29, 0.717) is 16.8 Å². The summed E-state index contributed by atoms with van der Waals surface area (Å²) in [5.74, 6) is 1.79. The highest BCUT2D eigenvalue weighted by atomic mass is 16.2. The lowest BCUT2D eigenvalue weighted by Crippen LogP contribution is -2.59. The minimum atomic E-state index is -0.309. The van der Waals surface area contributed by atoms with Crippen molar-refractivity contribution in [2.75, 3.05) is 5.32 Å². The van der Waals surface area contributed by atoms with Crippen molar-refractivity contribution in [2.45, 2.75) is 57.9 Å². The molecule has 4 saturated carbocycles. The van der Waals surface area contributed by atoms with Gasteiger partial charge in [0, 0.05) is 28.4 Å². The van der Waals surface area contributed by atoms with Crippen LogP contribution < -0.4 is 10.6 Å². The Bertz CT molecular complexity index is 803. The molecule has 5 nitrogen and oxygen atoms in total. The lowest BCUT2D eigenvalue weighted by Gasteiger charge is -2.56. The third-order valence-electron chi connectivity index (χ3n) is 6.68. The number of carbonyl (C=O) groups is 3. The van der Waals surface area contributed by atoms with Gasteiger partial charge in [0.25, 0.3) is 5.91 Å². The fourth-order valence-electron chi connectivity index (χ4n) is 5.84. The first-order valence-corrected chi connectivity index (χ1v) is 10.2. The van der Waals surface area contributed by atoms with E-state index in [1.807, 2.05) is 0 Å². The van der Waals surface area contributed by atoms with E-state index < -0.39 is 0 Å². The lowest BCUT2D eigenvalue weighted by atomic mass is 9.53. The zero-order valence-electron chi connectivity index (χ0n) is 16.6. The van der Waals surface area contributed by atoms with Gasteiger partial charge < -0.3 is 10.6 Å². The summed E-state index contributed by atoms with van der Waals surface area (Å²) in [5, 5.41) is 6.04. The lowest BCUT2D eigenvalue weighted by molar-refractivity contribution is -0.122. The topological polar surface area (TPSA) is 75.3 Å². The van der Waals surface area contributed by atoms with E-state index in [1.165, 1.54) is 32.3 Å². The van der Waals surface area contributed by atoms with Crippen LogP contribution in [0.1, 0.15) is 62.7 Å². The Morgan fingerprint density at radius 1 is 0.929 bits per heavy atom. The Hall–Kier alpha value is -2.43. The minimum absolute atomic E-state index is 0.0182. The molecule has 0 saturated heterocycles. The predicted octanol–water partition coefficient (Wildman–Crippen LogP) is 3.86. The SMILES string of the molecule is CC(=O)c1ccc(NC(=O)/C(C)=C\C(=O)NC23CC4CC(CC(C4)C2)C3)cc1. The molecule has 1 aromatic rings. The van der Waals surface area contributed by atoms with Gasteiger partial charge in [-0.25, -0.2) is 0 Å². The van der Waals surface area contributed by atoms with Gasteiger partial charge in [-0.15, -0.1) is 0 Å². The number of carbonyl (C=O) groups excluding carboxylic acids is 3. The molecule has 4 aliphatic carbocycles. The second-order valence-electron chi connectivity index (χ2n) is 9.10. The highest BCUT2D eigenvalue weighted by Gasteiger charge is 2.51. The molecule has 1 aromatic carbocycles. The second kappa shape index (κ2) is 7.19. The number of hydrogen-bond donors (Lipinski definition) is 2. The standard InChI is InChI=1S/C23H28N2O3/c1-14(22(28)24-20-5-3-19(4-6-20)15(2)26)7-21(27)25-23-11-16-8-17(12-23)10-18(9-16)13-23/h3-7,16-18H,8-13H2,1-2H3,(H,24,28)(H,25,27)/b14-7-. The van der Waals surface area contributed by atoms with E-state index in [4.69, 9.17) is 0 Å². The van der Waals surface area contributed by atoms with E-state index in [-0.39, 0.29) is 23.1 Å². The Kier molecular flexibility index (Phi) is 4.86. The van der Waals surface area contributed by atoms with Crippen LogP contribution in [0.4, 0.5) is 5.69 Å². The molecule has 0 atom stereocenters. The first-order chi connectivity index (χ1) is 13.3. The summed E-state index contributed by atoms with van der Waals surface area (Å²) >= 11 is 0. The van der Waals surface area contributed by atoms with Crippen LogP contribution >= 0.6 is 0 Å². The average Bonchev–Trinajstić information content (AvgIpc) is 2.60. The Labute approximate surface area is 166 Å². The third kappa shape index (κ3) is 3.89. The van der Waals surface area contributed by atoms with E-state index in [1.54, 1.807) is 31.2 Å². The molecule has 5 heteroatoms. The van der Waals surface area contributed by atoms with Gasteiger partial charge in [0.05, 0.1) is 0 Å². The normalized spacial score (nSPS) is 30.8. The van der Waals surface area contributed by atoms with Crippen molar-refractivity contribution >= 4 is 23.3 Å². The largest absolute Gasteiger partial charge is 0.347 e. The van der Waals surface area contributed by atoms with Crippen molar-refractivity contribution in [1.82, 2.24) is 5.32 Å². The fourth-order valence-corrected chi connectivity index (χ4v) is 5.84. The molecule has 5 rings (SSSR count). The van der Waals surface area contributed by atoms with Crippen molar-refractivity contribution in [3.8, 4) is 0 Å². The maximum atomic E-state index is 12.6. The number of anilines is 1. The predicted molar refractivity (Wildman–Crippen MR) is 108 cm³/mol. The maximum Gasteiger partial charge on any atom is 0.251 e. The molecule has 2 N–H and O–H groups in total. The first kappa shape index (κ1) is 18.9. The van der Waals surface area contributed by atoms with Gasteiger partial charge in [0.15, 0.2) is 5.78 Å². The van der Waals surface area contributed by atoms with Gasteiger partial charge in [-0.05, 0) is 94.4 Å². The van der Waals surface area contributed by atoms with Crippen LogP contribution in [0.5, 0.6) is 0 Å². The van der Waals surface area contributed by atoms with E-state index in [9.17, 15) is 14.4 Å². The summed E-state index contributed by atoms with van der Waals surface area (Å²) in [6.07, 6.45) is 8.67. The zero-order valence-corrected chi connectivity index (χ0v) is 16.6. The quantitative estimate of drug-likeness (QED) is 0.602. The van der Waals surface area contributed by atoms with E-state index >= 15 is 0 Å². The van der Waals surface area contributed by atoms with E-state index in [0.717, 1.165) is 37.0 Å². The van der Waals surface area contributed by atoms with Gasteiger partial charge in [-0.1, -0.05) is 0 Å². The molecule has 2 amide bonds.